The molecule has 0 bridgehead atoms. The number of carbonyl (C=O) groups excluding carboxylic acids is 1. The highest BCUT2D eigenvalue weighted by Crippen LogP contribution is 2.11. The van der Waals surface area contributed by atoms with Gasteiger partial charge in [0, 0.05) is 12.4 Å². The maximum atomic E-state index is 11.8. The summed E-state index contributed by atoms with van der Waals surface area (Å²) in [5, 5.41) is 0. The third-order valence-corrected chi connectivity index (χ3v) is 2.28. The smallest absolute Gasteiger partial charge is 0.252 e. The van der Waals surface area contributed by atoms with Crippen LogP contribution in [0.1, 0.15) is 16.4 Å². The fraction of sp³-hybridized carbons (Fsp3) is 0.0833. The number of rotatable bonds is 2. The summed E-state index contributed by atoms with van der Waals surface area (Å²) >= 11 is 0. The summed E-state index contributed by atoms with van der Waals surface area (Å²) in [7, 11) is 0. The van der Waals surface area contributed by atoms with Gasteiger partial charge < -0.3 is 5.73 Å². The van der Waals surface area contributed by atoms with Gasteiger partial charge in [-0.05, 0) is 17.7 Å². The van der Waals surface area contributed by atoms with E-state index in [0.29, 0.717) is 0 Å². The molecule has 0 aliphatic heterocycles. The van der Waals surface area contributed by atoms with Crippen molar-refractivity contribution in [3.05, 3.63) is 60.4 Å². The average molecular weight is 200 g/mol. The van der Waals surface area contributed by atoms with E-state index in [0.717, 1.165) is 5.56 Å². The topological polar surface area (TPSA) is 48.0 Å². The summed E-state index contributed by atoms with van der Waals surface area (Å²) in [6, 6.07) is 12.4. The molecule has 1 heterocycles. The van der Waals surface area contributed by atoms with Gasteiger partial charge in [-0.1, -0.05) is 30.3 Å². The van der Waals surface area contributed by atoms with E-state index in [9.17, 15) is 4.79 Å². The van der Waals surface area contributed by atoms with Gasteiger partial charge in [0.2, 0.25) is 0 Å². The number of hydrogen-bond donors (Lipinski definition) is 1. The van der Waals surface area contributed by atoms with Crippen LogP contribution in [-0.2, 0) is 0 Å². The first-order chi connectivity index (χ1) is 7.29. The molecule has 15 heavy (non-hydrogen) atoms. The van der Waals surface area contributed by atoms with Gasteiger partial charge in [-0.2, -0.15) is 0 Å². The lowest BCUT2D eigenvalue weighted by molar-refractivity contribution is 0.0879. The van der Waals surface area contributed by atoms with Crippen LogP contribution >= 0.6 is 0 Å². The van der Waals surface area contributed by atoms with Crippen LogP contribution in [0, 0.1) is 0 Å². The van der Waals surface area contributed by atoms with Crippen molar-refractivity contribution in [3.8, 4) is 0 Å². The molecule has 0 radical (unpaired) electrons. The number of nitrogens with zero attached hydrogens (tertiary/aromatic N) is 1. The molecule has 76 valence electrons. The fourth-order valence-electron chi connectivity index (χ4n) is 1.44. The summed E-state index contributed by atoms with van der Waals surface area (Å²) in [6.07, 6.45) is 3.40. The zero-order chi connectivity index (χ0) is 10.7. The Morgan fingerprint density at radius 1 is 1.07 bits per heavy atom. The number of hydrogen-bond acceptors (Lipinski definition) is 2. The molecule has 0 saturated heterocycles. The van der Waals surface area contributed by atoms with Crippen molar-refractivity contribution in [2.45, 2.75) is 6.04 Å². The van der Waals surface area contributed by atoms with Crippen molar-refractivity contribution in [2.75, 3.05) is 0 Å². The van der Waals surface area contributed by atoms with Crippen LogP contribution in [0.25, 0.3) is 0 Å². The summed E-state index contributed by atoms with van der Waals surface area (Å²) in [6.45, 7) is 0. The van der Waals surface area contributed by atoms with Crippen LogP contribution in [0.2, 0.25) is 0 Å². The molecule has 3 nitrogen and oxygen atoms in total. The van der Waals surface area contributed by atoms with Gasteiger partial charge in [0.25, 0.3) is 5.91 Å². The van der Waals surface area contributed by atoms with Gasteiger partial charge in [-0.25, -0.2) is 0 Å². The van der Waals surface area contributed by atoms with Gasteiger partial charge >= 0.3 is 0 Å². The van der Waals surface area contributed by atoms with Crippen molar-refractivity contribution in [1.82, 2.24) is 4.57 Å². The largest absolute Gasteiger partial charge is 0.316 e. The molecule has 1 aromatic heterocycles. The second-order valence-electron chi connectivity index (χ2n) is 3.32. The first-order valence-corrected chi connectivity index (χ1v) is 4.77. The van der Waals surface area contributed by atoms with Gasteiger partial charge in [-0.3, -0.25) is 9.36 Å². The molecule has 2 rings (SSSR count). The lowest BCUT2D eigenvalue weighted by atomic mass is 10.1. The van der Waals surface area contributed by atoms with Crippen LogP contribution < -0.4 is 5.73 Å². The van der Waals surface area contributed by atoms with E-state index >= 15 is 0 Å². The zero-order valence-corrected chi connectivity index (χ0v) is 8.21. The van der Waals surface area contributed by atoms with Crippen molar-refractivity contribution >= 4 is 5.91 Å². The molecule has 0 unspecified atom stereocenters. The summed E-state index contributed by atoms with van der Waals surface area (Å²) in [5.74, 6) is -0.119. The Hall–Kier alpha value is -1.87. The van der Waals surface area contributed by atoms with E-state index < -0.39 is 6.04 Å². The fourth-order valence-corrected chi connectivity index (χ4v) is 1.44. The van der Waals surface area contributed by atoms with Gasteiger partial charge in [-0.15, -0.1) is 0 Å². The Morgan fingerprint density at radius 2 is 1.67 bits per heavy atom. The highest BCUT2D eigenvalue weighted by molar-refractivity contribution is 5.85. The molecule has 1 atom stereocenters. The number of aromatic nitrogens is 1. The minimum absolute atomic E-state index is 0.119. The Bertz CT molecular complexity index is 434. The number of carbonyl (C=O) groups is 1. The maximum Gasteiger partial charge on any atom is 0.252 e. The molecule has 3 heteroatoms. The van der Waals surface area contributed by atoms with E-state index in [-0.39, 0.29) is 5.91 Å². The predicted molar refractivity (Wildman–Crippen MR) is 58.4 cm³/mol. The molecule has 0 aliphatic rings. The lowest BCUT2D eigenvalue weighted by Gasteiger charge is -2.10. The Morgan fingerprint density at radius 3 is 2.27 bits per heavy atom. The van der Waals surface area contributed by atoms with Crippen molar-refractivity contribution in [1.29, 1.82) is 0 Å². The second kappa shape index (κ2) is 4.11. The Kier molecular flexibility index (Phi) is 2.65. The van der Waals surface area contributed by atoms with E-state index in [4.69, 9.17) is 5.73 Å². The lowest BCUT2D eigenvalue weighted by Crippen LogP contribution is -2.25. The maximum absolute atomic E-state index is 11.8. The minimum atomic E-state index is -0.599. The molecule has 1 aromatic carbocycles. The standard InChI is InChI=1S/C12H12N2O/c13-11(10-6-2-1-3-7-10)12(15)14-8-4-5-9-14/h1-9,11H,13H2/t11-/m0/s1. The van der Waals surface area contributed by atoms with Crippen LogP contribution in [0.4, 0.5) is 0 Å². The third kappa shape index (κ3) is 1.97. The average Bonchev–Trinajstić information content (AvgIpc) is 2.82. The van der Waals surface area contributed by atoms with Gasteiger partial charge in [0.05, 0.1) is 0 Å². The van der Waals surface area contributed by atoms with Crippen molar-refractivity contribution < 1.29 is 4.79 Å². The molecule has 2 aromatic rings. The first kappa shape index (κ1) is 9.68. The molecular formula is C12H12N2O. The molecule has 0 aliphatic carbocycles. The highest BCUT2D eigenvalue weighted by Gasteiger charge is 2.15. The van der Waals surface area contributed by atoms with Gasteiger partial charge in [0.15, 0.2) is 0 Å². The third-order valence-electron chi connectivity index (χ3n) is 2.28. The quantitative estimate of drug-likeness (QED) is 0.803. The van der Waals surface area contributed by atoms with Crippen LogP contribution in [0.5, 0.6) is 0 Å². The normalized spacial score (nSPS) is 12.3. The number of benzene rings is 1. The SMILES string of the molecule is N[C@H](C(=O)n1cccc1)c1ccccc1. The van der Waals surface area contributed by atoms with Crippen molar-refractivity contribution in [3.63, 3.8) is 0 Å². The van der Waals surface area contributed by atoms with E-state index in [1.807, 2.05) is 30.3 Å². The van der Waals surface area contributed by atoms with E-state index in [2.05, 4.69) is 0 Å². The van der Waals surface area contributed by atoms with Crippen LogP contribution in [0.3, 0.4) is 0 Å². The molecule has 2 N–H and O–H groups in total. The molecule has 0 fully saturated rings. The Balaban J connectivity index is 2.23. The molecule has 0 saturated carbocycles. The van der Waals surface area contributed by atoms with Crippen molar-refractivity contribution in [2.24, 2.45) is 5.73 Å². The monoisotopic (exact) mass is 200 g/mol. The second-order valence-corrected chi connectivity index (χ2v) is 3.32. The summed E-state index contributed by atoms with van der Waals surface area (Å²) < 4.78 is 1.50. The number of nitrogens with two attached hydrogens (primary N) is 1. The molecular weight excluding hydrogens is 188 g/mol. The van der Waals surface area contributed by atoms with E-state index in [1.54, 1.807) is 24.5 Å². The first-order valence-electron chi connectivity index (χ1n) is 4.77. The predicted octanol–water partition coefficient (Wildman–Crippen LogP) is 1.83. The van der Waals surface area contributed by atoms with Crippen LogP contribution in [0.15, 0.2) is 54.9 Å². The molecule has 0 amide bonds. The van der Waals surface area contributed by atoms with Gasteiger partial charge in [0.1, 0.15) is 6.04 Å². The minimum Gasteiger partial charge on any atom is -0.316 e. The highest BCUT2D eigenvalue weighted by atomic mass is 16.2. The summed E-state index contributed by atoms with van der Waals surface area (Å²) in [4.78, 5) is 11.8. The molecule has 0 spiro atoms. The summed E-state index contributed by atoms with van der Waals surface area (Å²) in [5.41, 5.74) is 6.69. The van der Waals surface area contributed by atoms with Crippen LogP contribution in [-0.4, -0.2) is 10.5 Å². The van der Waals surface area contributed by atoms with E-state index in [1.165, 1.54) is 4.57 Å². The Labute approximate surface area is 88.1 Å². The zero-order valence-electron chi connectivity index (χ0n) is 8.21.